The van der Waals surface area contributed by atoms with Crippen LogP contribution in [-0.2, 0) is 6.18 Å². The molecule has 1 heterocycles. The van der Waals surface area contributed by atoms with Crippen molar-refractivity contribution in [2.45, 2.75) is 25.2 Å². The van der Waals surface area contributed by atoms with Gasteiger partial charge in [0.05, 0.1) is 23.4 Å². The lowest BCUT2D eigenvalue weighted by molar-refractivity contribution is -0.137. The van der Waals surface area contributed by atoms with Crippen LogP contribution in [0.1, 0.15) is 24.2 Å². The van der Waals surface area contributed by atoms with Gasteiger partial charge in [0.25, 0.3) is 0 Å². The molecule has 0 aliphatic carbocycles. The van der Waals surface area contributed by atoms with Crippen molar-refractivity contribution < 1.29 is 18.3 Å². The quantitative estimate of drug-likeness (QED) is 0.793. The van der Waals surface area contributed by atoms with E-state index in [0.717, 1.165) is 6.07 Å². The third-order valence-corrected chi connectivity index (χ3v) is 1.97. The molecular formula is C9H11F3N2O. The van der Waals surface area contributed by atoms with E-state index in [1.807, 2.05) is 0 Å². The molecule has 84 valence electrons. The van der Waals surface area contributed by atoms with Crippen molar-refractivity contribution in [3.63, 3.8) is 0 Å². The van der Waals surface area contributed by atoms with Gasteiger partial charge in [0, 0.05) is 6.20 Å². The Kier molecular flexibility index (Phi) is 3.31. The number of hydrogen-bond donors (Lipinski definition) is 2. The number of halogens is 3. The first-order chi connectivity index (χ1) is 6.82. The van der Waals surface area contributed by atoms with Crippen molar-refractivity contribution in [2.24, 2.45) is 5.73 Å². The van der Waals surface area contributed by atoms with Gasteiger partial charge in [-0.25, -0.2) is 0 Å². The zero-order chi connectivity index (χ0) is 11.6. The topological polar surface area (TPSA) is 59.1 Å². The summed E-state index contributed by atoms with van der Waals surface area (Å²) in [5.74, 6) is 0. The molecule has 0 aromatic carbocycles. The minimum atomic E-state index is -4.40. The average Bonchev–Trinajstić information content (AvgIpc) is 2.15. The smallest absolute Gasteiger partial charge is 0.391 e. The molecule has 0 amide bonds. The van der Waals surface area contributed by atoms with E-state index in [0.29, 0.717) is 6.20 Å². The second-order valence-corrected chi connectivity index (χ2v) is 3.24. The summed E-state index contributed by atoms with van der Waals surface area (Å²) in [4.78, 5) is 3.56. The second kappa shape index (κ2) is 4.16. The Labute approximate surface area is 84.7 Å². The normalized spacial score (nSPS) is 16.1. The van der Waals surface area contributed by atoms with Crippen LogP contribution in [0.25, 0.3) is 0 Å². The molecule has 1 aromatic heterocycles. The van der Waals surface area contributed by atoms with Crippen molar-refractivity contribution in [3.05, 3.63) is 29.6 Å². The van der Waals surface area contributed by atoms with Gasteiger partial charge in [-0.2, -0.15) is 13.2 Å². The van der Waals surface area contributed by atoms with Gasteiger partial charge in [0.2, 0.25) is 0 Å². The monoisotopic (exact) mass is 220 g/mol. The zero-order valence-corrected chi connectivity index (χ0v) is 7.99. The van der Waals surface area contributed by atoms with Gasteiger partial charge in [-0.3, -0.25) is 4.98 Å². The standard InChI is InChI=1S/C9H11F3N2O/c1-5(15)8(13)7-3-2-6(4-14-7)9(10,11)12/h2-5,8,15H,13H2,1H3/t5-,8+/m1/s1. The Bertz CT molecular complexity index is 321. The Balaban J connectivity index is 2.91. The van der Waals surface area contributed by atoms with E-state index in [1.54, 1.807) is 0 Å². The highest BCUT2D eigenvalue weighted by atomic mass is 19.4. The van der Waals surface area contributed by atoms with Crippen molar-refractivity contribution in [1.29, 1.82) is 0 Å². The molecule has 0 saturated heterocycles. The first-order valence-electron chi connectivity index (χ1n) is 4.29. The number of nitrogens with two attached hydrogens (primary N) is 1. The Morgan fingerprint density at radius 3 is 2.33 bits per heavy atom. The Morgan fingerprint density at radius 1 is 1.40 bits per heavy atom. The van der Waals surface area contributed by atoms with Crippen LogP contribution in [0.3, 0.4) is 0 Å². The van der Waals surface area contributed by atoms with E-state index in [4.69, 9.17) is 10.8 Å². The molecule has 0 aliphatic rings. The summed E-state index contributed by atoms with van der Waals surface area (Å²) in [5, 5.41) is 9.12. The van der Waals surface area contributed by atoms with Gasteiger partial charge in [-0.05, 0) is 19.1 Å². The number of alkyl halides is 3. The summed E-state index contributed by atoms with van der Waals surface area (Å²) in [6.07, 6.45) is -4.55. The first kappa shape index (κ1) is 11.9. The molecule has 3 N–H and O–H groups in total. The third kappa shape index (κ3) is 2.90. The summed E-state index contributed by atoms with van der Waals surface area (Å²) < 4.78 is 36.5. The van der Waals surface area contributed by atoms with Crippen LogP contribution >= 0.6 is 0 Å². The van der Waals surface area contributed by atoms with Crippen LogP contribution in [0.15, 0.2) is 18.3 Å². The summed E-state index contributed by atoms with van der Waals surface area (Å²) in [6.45, 7) is 1.45. The van der Waals surface area contributed by atoms with Gasteiger partial charge in [0.15, 0.2) is 0 Å². The van der Waals surface area contributed by atoms with Gasteiger partial charge < -0.3 is 10.8 Å². The van der Waals surface area contributed by atoms with E-state index in [1.165, 1.54) is 13.0 Å². The van der Waals surface area contributed by atoms with Gasteiger partial charge in [0.1, 0.15) is 0 Å². The molecular weight excluding hydrogens is 209 g/mol. The SMILES string of the molecule is C[C@@H](O)[C@H](N)c1ccc(C(F)(F)F)cn1. The second-order valence-electron chi connectivity index (χ2n) is 3.24. The minimum Gasteiger partial charge on any atom is -0.391 e. The lowest BCUT2D eigenvalue weighted by atomic mass is 10.1. The predicted molar refractivity (Wildman–Crippen MR) is 47.8 cm³/mol. The molecule has 0 unspecified atom stereocenters. The predicted octanol–water partition coefficient (Wildman–Crippen LogP) is 1.48. The number of nitrogens with zero attached hydrogens (tertiary/aromatic N) is 1. The minimum absolute atomic E-state index is 0.234. The van der Waals surface area contributed by atoms with Crippen molar-refractivity contribution in [1.82, 2.24) is 4.98 Å². The van der Waals surface area contributed by atoms with Gasteiger partial charge in [-0.1, -0.05) is 0 Å². The number of aromatic nitrogens is 1. The van der Waals surface area contributed by atoms with E-state index in [-0.39, 0.29) is 5.69 Å². The van der Waals surface area contributed by atoms with Crippen LogP contribution in [0.5, 0.6) is 0 Å². The van der Waals surface area contributed by atoms with Gasteiger partial charge >= 0.3 is 6.18 Å². The highest BCUT2D eigenvalue weighted by molar-refractivity contribution is 5.19. The molecule has 3 nitrogen and oxygen atoms in total. The fourth-order valence-corrected chi connectivity index (χ4v) is 1.02. The fraction of sp³-hybridized carbons (Fsp3) is 0.444. The van der Waals surface area contributed by atoms with Crippen LogP contribution in [0.4, 0.5) is 13.2 Å². The largest absolute Gasteiger partial charge is 0.417 e. The zero-order valence-electron chi connectivity index (χ0n) is 7.99. The maximum atomic E-state index is 12.2. The van der Waals surface area contributed by atoms with Crippen molar-refractivity contribution in [2.75, 3.05) is 0 Å². The highest BCUT2D eigenvalue weighted by Crippen LogP contribution is 2.28. The number of hydrogen-bond acceptors (Lipinski definition) is 3. The number of rotatable bonds is 2. The van der Waals surface area contributed by atoms with Crippen LogP contribution in [0, 0.1) is 0 Å². The lowest BCUT2D eigenvalue weighted by Crippen LogP contribution is -2.24. The van der Waals surface area contributed by atoms with E-state index in [9.17, 15) is 13.2 Å². The fourth-order valence-electron chi connectivity index (χ4n) is 1.02. The Hall–Kier alpha value is -1.14. The summed E-state index contributed by atoms with van der Waals surface area (Å²) >= 11 is 0. The number of aliphatic hydroxyl groups is 1. The number of pyridine rings is 1. The van der Waals surface area contributed by atoms with Crippen molar-refractivity contribution in [3.8, 4) is 0 Å². The number of aliphatic hydroxyl groups excluding tert-OH is 1. The molecule has 1 rings (SSSR count). The molecule has 0 saturated carbocycles. The van der Waals surface area contributed by atoms with E-state index < -0.39 is 23.9 Å². The molecule has 0 bridgehead atoms. The van der Waals surface area contributed by atoms with Crippen LogP contribution in [-0.4, -0.2) is 16.2 Å². The summed E-state index contributed by atoms with van der Waals surface area (Å²) in [6, 6.07) is 1.29. The van der Waals surface area contributed by atoms with Crippen LogP contribution < -0.4 is 5.73 Å². The summed E-state index contributed by atoms with van der Waals surface area (Å²) in [5.41, 5.74) is 4.91. The molecule has 0 aliphatic heterocycles. The first-order valence-corrected chi connectivity index (χ1v) is 4.29. The molecule has 0 spiro atoms. The lowest BCUT2D eigenvalue weighted by Gasteiger charge is -2.14. The maximum Gasteiger partial charge on any atom is 0.417 e. The van der Waals surface area contributed by atoms with Crippen molar-refractivity contribution >= 4 is 0 Å². The molecule has 15 heavy (non-hydrogen) atoms. The molecule has 0 fully saturated rings. The van der Waals surface area contributed by atoms with Crippen LogP contribution in [0.2, 0.25) is 0 Å². The highest BCUT2D eigenvalue weighted by Gasteiger charge is 2.30. The summed E-state index contributed by atoms with van der Waals surface area (Å²) in [7, 11) is 0. The van der Waals surface area contributed by atoms with Gasteiger partial charge in [-0.15, -0.1) is 0 Å². The molecule has 0 radical (unpaired) electrons. The van der Waals surface area contributed by atoms with E-state index in [2.05, 4.69) is 4.98 Å². The third-order valence-electron chi connectivity index (χ3n) is 1.97. The molecule has 1 aromatic rings. The Morgan fingerprint density at radius 2 is 2.00 bits per heavy atom. The molecule has 6 heteroatoms. The molecule has 2 atom stereocenters. The van der Waals surface area contributed by atoms with E-state index >= 15 is 0 Å². The maximum absolute atomic E-state index is 12.2. The average molecular weight is 220 g/mol.